The second kappa shape index (κ2) is 6.15. The quantitative estimate of drug-likeness (QED) is 0.862. The summed E-state index contributed by atoms with van der Waals surface area (Å²) in [5.74, 6) is -0.749. The highest BCUT2D eigenvalue weighted by Crippen LogP contribution is 2.31. The third-order valence-electron chi connectivity index (χ3n) is 3.38. The lowest BCUT2D eigenvalue weighted by Crippen LogP contribution is -2.45. The van der Waals surface area contributed by atoms with Gasteiger partial charge in [-0.1, -0.05) is 18.2 Å². The van der Waals surface area contributed by atoms with Crippen molar-refractivity contribution in [2.45, 2.75) is 11.8 Å². The summed E-state index contributed by atoms with van der Waals surface area (Å²) < 4.78 is 18.0. The van der Waals surface area contributed by atoms with Crippen LogP contribution in [0, 0.1) is 5.82 Å². The number of halogens is 1. The zero-order valence-corrected chi connectivity index (χ0v) is 12.0. The third kappa shape index (κ3) is 2.73. The first kappa shape index (κ1) is 14.7. The van der Waals surface area contributed by atoms with Crippen LogP contribution in [0.15, 0.2) is 41.8 Å². The van der Waals surface area contributed by atoms with E-state index >= 15 is 0 Å². The van der Waals surface area contributed by atoms with Crippen LogP contribution in [0.2, 0.25) is 0 Å². The summed E-state index contributed by atoms with van der Waals surface area (Å²) in [5, 5.41) is 1.94. The molecule has 0 aliphatic carbocycles. The molecule has 0 aliphatic heterocycles. The van der Waals surface area contributed by atoms with Crippen molar-refractivity contribution >= 4 is 17.3 Å². The summed E-state index contributed by atoms with van der Waals surface area (Å²) in [6.07, 6.45) is 0.444. The topological polar surface area (TPSA) is 52.3 Å². The fourth-order valence-corrected chi connectivity index (χ4v) is 3.06. The monoisotopic (exact) mass is 293 g/mol. The predicted molar refractivity (Wildman–Crippen MR) is 77.2 cm³/mol. The average Bonchev–Trinajstić information content (AvgIpc) is 2.98. The van der Waals surface area contributed by atoms with Gasteiger partial charge in [-0.25, -0.2) is 4.39 Å². The fourth-order valence-electron chi connectivity index (χ4n) is 2.24. The van der Waals surface area contributed by atoms with Crippen molar-refractivity contribution < 1.29 is 13.9 Å². The number of nitrogens with two attached hydrogens (primary N) is 1. The lowest BCUT2D eigenvalue weighted by Gasteiger charge is -2.29. The van der Waals surface area contributed by atoms with Gasteiger partial charge in [0.05, 0.1) is 7.11 Å². The third-order valence-corrected chi connectivity index (χ3v) is 4.25. The number of rotatable bonds is 5. The first-order chi connectivity index (χ1) is 9.62. The van der Waals surface area contributed by atoms with E-state index < -0.39 is 11.4 Å². The van der Waals surface area contributed by atoms with Gasteiger partial charge in [-0.3, -0.25) is 4.79 Å². The molecule has 0 fully saturated rings. The van der Waals surface area contributed by atoms with E-state index in [0.717, 1.165) is 4.88 Å². The van der Waals surface area contributed by atoms with Crippen LogP contribution in [-0.4, -0.2) is 19.6 Å². The molecule has 5 heteroatoms. The van der Waals surface area contributed by atoms with Crippen molar-refractivity contribution in [3.05, 3.63) is 58.0 Å². The molecule has 2 rings (SSSR count). The number of carbonyl (C=O) groups excluding carboxylic acids is 1. The van der Waals surface area contributed by atoms with E-state index in [1.54, 1.807) is 23.5 Å². The molecule has 2 N–H and O–H groups in total. The first-order valence-corrected chi connectivity index (χ1v) is 7.07. The van der Waals surface area contributed by atoms with Crippen molar-refractivity contribution in [2.75, 3.05) is 13.7 Å². The molecular weight excluding hydrogens is 277 g/mol. The van der Waals surface area contributed by atoms with Gasteiger partial charge in [-0.2, -0.15) is 0 Å². The standard InChI is InChI=1S/C15H16FNO2S/c1-19-14(18)15(10-17,9-13-3-2-8-20-13)11-4-6-12(16)7-5-11/h2-8H,9-10,17H2,1H3. The van der Waals surface area contributed by atoms with Gasteiger partial charge < -0.3 is 10.5 Å². The van der Waals surface area contributed by atoms with E-state index in [1.165, 1.54) is 19.2 Å². The van der Waals surface area contributed by atoms with Crippen LogP contribution in [-0.2, 0) is 21.4 Å². The number of ether oxygens (including phenoxy) is 1. The molecule has 1 unspecified atom stereocenters. The van der Waals surface area contributed by atoms with Crippen molar-refractivity contribution in [1.82, 2.24) is 0 Å². The minimum absolute atomic E-state index is 0.100. The molecule has 0 radical (unpaired) electrons. The van der Waals surface area contributed by atoms with Crippen LogP contribution >= 0.6 is 11.3 Å². The van der Waals surface area contributed by atoms with Crippen molar-refractivity contribution in [3.8, 4) is 0 Å². The fraction of sp³-hybridized carbons (Fsp3) is 0.267. The van der Waals surface area contributed by atoms with Crippen LogP contribution in [0.25, 0.3) is 0 Å². The van der Waals surface area contributed by atoms with E-state index in [9.17, 15) is 9.18 Å². The summed E-state index contributed by atoms with van der Waals surface area (Å²) in [6.45, 7) is 0.100. The Labute approximate surface area is 121 Å². The molecule has 0 amide bonds. The zero-order chi connectivity index (χ0) is 14.6. The Morgan fingerprint density at radius 2 is 2.05 bits per heavy atom. The van der Waals surface area contributed by atoms with Crippen LogP contribution in [0.1, 0.15) is 10.4 Å². The Balaban J connectivity index is 2.46. The molecular formula is C15H16FNO2S. The Hall–Kier alpha value is -1.72. The Morgan fingerprint density at radius 3 is 2.55 bits per heavy atom. The molecule has 20 heavy (non-hydrogen) atoms. The van der Waals surface area contributed by atoms with Crippen LogP contribution in [0.5, 0.6) is 0 Å². The Kier molecular flexibility index (Phi) is 4.52. The highest BCUT2D eigenvalue weighted by molar-refractivity contribution is 7.09. The highest BCUT2D eigenvalue weighted by atomic mass is 32.1. The average molecular weight is 293 g/mol. The van der Waals surface area contributed by atoms with Gasteiger partial charge in [0.15, 0.2) is 0 Å². The maximum Gasteiger partial charge on any atom is 0.317 e. The summed E-state index contributed by atoms with van der Waals surface area (Å²) in [4.78, 5) is 13.3. The minimum atomic E-state index is -0.979. The normalized spacial score (nSPS) is 13.8. The van der Waals surface area contributed by atoms with E-state index in [-0.39, 0.29) is 12.4 Å². The van der Waals surface area contributed by atoms with Gasteiger partial charge in [0.2, 0.25) is 0 Å². The van der Waals surface area contributed by atoms with Crippen molar-refractivity contribution in [1.29, 1.82) is 0 Å². The molecule has 1 heterocycles. The number of benzene rings is 1. The van der Waals surface area contributed by atoms with Crippen LogP contribution in [0.3, 0.4) is 0 Å². The summed E-state index contributed by atoms with van der Waals surface area (Å²) in [7, 11) is 1.34. The van der Waals surface area contributed by atoms with E-state index in [4.69, 9.17) is 10.5 Å². The number of thiophene rings is 1. The number of hydrogen-bond donors (Lipinski definition) is 1. The minimum Gasteiger partial charge on any atom is -0.468 e. The smallest absolute Gasteiger partial charge is 0.317 e. The van der Waals surface area contributed by atoms with Gasteiger partial charge in [-0.05, 0) is 29.1 Å². The van der Waals surface area contributed by atoms with Gasteiger partial charge in [0.1, 0.15) is 11.2 Å². The van der Waals surface area contributed by atoms with Gasteiger partial charge >= 0.3 is 5.97 Å². The lowest BCUT2D eigenvalue weighted by atomic mass is 9.77. The van der Waals surface area contributed by atoms with Gasteiger partial charge in [0.25, 0.3) is 0 Å². The maximum absolute atomic E-state index is 13.1. The predicted octanol–water partition coefficient (Wildman–Crippen LogP) is 2.50. The number of hydrogen-bond acceptors (Lipinski definition) is 4. The summed E-state index contributed by atoms with van der Waals surface area (Å²) in [5.41, 5.74) is 5.57. The molecule has 0 aliphatic rings. The number of methoxy groups -OCH3 is 1. The van der Waals surface area contributed by atoms with Gasteiger partial charge in [0, 0.05) is 17.8 Å². The zero-order valence-electron chi connectivity index (χ0n) is 11.1. The van der Waals surface area contributed by atoms with Crippen LogP contribution < -0.4 is 5.73 Å². The second-order valence-corrected chi connectivity index (χ2v) is 5.57. The van der Waals surface area contributed by atoms with Crippen molar-refractivity contribution in [2.24, 2.45) is 5.73 Å². The molecule has 0 saturated carbocycles. The number of esters is 1. The molecule has 1 atom stereocenters. The molecule has 1 aromatic carbocycles. The molecule has 3 nitrogen and oxygen atoms in total. The first-order valence-electron chi connectivity index (χ1n) is 6.19. The number of carbonyl (C=O) groups is 1. The lowest BCUT2D eigenvalue weighted by molar-refractivity contribution is -0.147. The van der Waals surface area contributed by atoms with Crippen molar-refractivity contribution in [3.63, 3.8) is 0 Å². The van der Waals surface area contributed by atoms with E-state index in [1.807, 2.05) is 17.5 Å². The molecule has 0 bridgehead atoms. The molecule has 0 spiro atoms. The molecule has 1 aromatic heterocycles. The van der Waals surface area contributed by atoms with Gasteiger partial charge in [-0.15, -0.1) is 11.3 Å². The maximum atomic E-state index is 13.1. The molecule has 2 aromatic rings. The second-order valence-electron chi connectivity index (χ2n) is 4.54. The summed E-state index contributed by atoms with van der Waals surface area (Å²) >= 11 is 1.55. The van der Waals surface area contributed by atoms with Crippen LogP contribution in [0.4, 0.5) is 4.39 Å². The SMILES string of the molecule is COC(=O)C(CN)(Cc1cccs1)c1ccc(F)cc1. The molecule has 0 saturated heterocycles. The van der Waals surface area contributed by atoms with E-state index in [0.29, 0.717) is 12.0 Å². The molecule has 106 valence electrons. The Bertz CT molecular complexity index is 568. The highest BCUT2D eigenvalue weighted by Gasteiger charge is 2.40. The van der Waals surface area contributed by atoms with E-state index in [2.05, 4.69) is 0 Å². The largest absolute Gasteiger partial charge is 0.468 e. The Morgan fingerprint density at radius 1 is 1.35 bits per heavy atom. The summed E-state index contributed by atoms with van der Waals surface area (Å²) in [6, 6.07) is 9.71.